The van der Waals surface area contributed by atoms with Crippen LogP contribution in [0.3, 0.4) is 0 Å². The number of likely N-dealkylation sites (N-methyl/N-ethyl adjacent to an activating group) is 1. The van der Waals surface area contributed by atoms with Crippen molar-refractivity contribution in [2.75, 3.05) is 20.1 Å². The Hall–Kier alpha value is -0.315. The lowest BCUT2D eigenvalue weighted by Gasteiger charge is -2.32. The van der Waals surface area contributed by atoms with Crippen LogP contribution in [0.15, 0.2) is 11.5 Å². The molecule has 0 radical (unpaired) electrons. The van der Waals surface area contributed by atoms with E-state index >= 15 is 0 Å². The van der Waals surface area contributed by atoms with Crippen LogP contribution in [0.25, 0.3) is 0 Å². The van der Waals surface area contributed by atoms with Gasteiger partial charge in [-0.1, -0.05) is 19.9 Å². The van der Waals surface area contributed by atoms with Crippen LogP contribution in [0.4, 0.5) is 0 Å². The van der Waals surface area contributed by atoms with Gasteiger partial charge in [0.15, 0.2) is 0 Å². The summed E-state index contributed by atoms with van der Waals surface area (Å²) in [6, 6.07) is 0. The van der Waals surface area contributed by atoms with Gasteiger partial charge in [-0.25, -0.2) is 0 Å². The van der Waals surface area contributed by atoms with Crippen molar-refractivity contribution in [1.82, 2.24) is 4.90 Å². The highest BCUT2D eigenvalue weighted by molar-refractivity contribution is 6.54. The third-order valence-corrected chi connectivity index (χ3v) is 3.93. The van der Waals surface area contributed by atoms with Gasteiger partial charge in [0.1, 0.15) is 0 Å². The first-order chi connectivity index (χ1) is 8.32. The summed E-state index contributed by atoms with van der Waals surface area (Å²) in [7, 11) is 1.98. The van der Waals surface area contributed by atoms with Crippen molar-refractivity contribution in [3.63, 3.8) is 0 Å². The Morgan fingerprint density at radius 1 is 1.11 bits per heavy atom. The molecular formula is C14H28BNO2. The average Bonchev–Trinajstić information content (AvgIpc) is 2.51. The Kier molecular flexibility index (Phi) is 5.04. The fourth-order valence-corrected chi connectivity index (χ4v) is 2.09. The quantitative estimate of drug-likeness (QED) is 0.671. The summed E-state index contributed by atoms with van der Waals surface area (Å²) in [6.45, 7) is 14.5. The predicted molar refractivity (Wildman–Crippen MR) is 77.6 cm³/mol. The molecule has 0 aromatic heterocycles. The Morgan fingerprint density at radius 3 is 2.06 bits per heavy atom. The van der Waals surface area contributed by atoms with Crippen LogP contribution in [-0.4, -0.2) is 43.4 Å². The molecule has 0 aromatic rings. The van der Waals surface area contributed by atoms with E-state index in [9.17, 15) is 0 Å². The molecule has 2 heterocycles. The molecule has 1 fully saturated rings. The van der Waals surface area contributed by atoms with Gasteiger partial charge in [-0.3, -0.25) is 0 Å². The number of hydrogen-bond donors (Lipinski definition) is 0. The molecule has 0 N–H and O–H groups in total. The lowest BCUT2D eigenvalue weighted by atomic mass is 9.76. The zero-order valence-electron chi connectivity index (χ0n) is 13.0. The molecule has 0 amide bonds. The highest BCUT2D eigenvalue weighted by Crippen LogP contribution is 2.38. The Balaban J connectivity index is 0.000000771. The molecule has 18 heavy (non-hydrogen) atoms. The maximum atomic E-state index is 6.03. The predicted octanol–water partition coefficient (Wildman–Crippen LogP) is 2.91. The summed E-state index contributed by atoms with van der Waals surface area (Å²) in [5.74, 6) is 0. The summed E-state index contributed by atoms with van der Waals surface area (Å²) < 4.78 is 12.1. The normalized spacial score (nSPS) is 26.4. The molecule has 0 aromatic carbocycles. The molecule has 0 atom stereocenters. The minimum atomic E-state index is -0.228. The van der Waals surface area contributed by atoms with Gasteiger partial charge in [0.25, 0.3) is 0 Å². The average molecular weight is 253 g/mol. The first-order valence-electron chi connectivity index (χ1n) is 7.05. The van der Waals surface area contributed by atoms with E-state index in [-0.39, 0.29) is 18.3 Å². The van der Waals surface area contributed by atoms with Crippen molar-refractivity contribution < 1.29 is 9.31 Å². The molecule has 0 aliphatic carbocycles. The van der Waals surface area contributed by atoms with Crippen molar-refractivity contribution in [1.29, 1.82) is 0 Å². The van der Waals surface area contributed by atoms with Gasteiger partial charge in [-0.2, -0.15) is 0 Å². The maximum absolute atomic E-state index is 6.03. The van der Waals surface area contributed by atoms with Crippen molar-refractivity contribution in [2.45, 2.75) is 59.2 Å². The van der Waals surface area contributed by atoms with E-state index in [1.54, 1.807) is 0 Å². The van der Waals surface area contributed by atoms with E-state index in [0.29, 0.717) is 0 Å². The van der Waals surface area contributed by atoms with Crippen LogP contribution in [0.5, 0.6) is 0 Å². The van der Waals surface area contributed by atoms with E-state index in [1.807, 2.05) is 13.8 Å². The number of rotatable bonds is 1. The maximum Gasteiger partial charge on any atom is 0.491 e. The van der Waals surface area contributed by atoms with Gasteiger partial charge in [0, 0.05) is 13.1 Å². The van der Waals surface area contributed by atoms with Gasteiger partial charge < -0.3 is 14.2 Å². The van der Waals surface area contributed by atoms with E-state index < -0.39 is 0 Å². The third kappa shape index (κ3) is 3.17. The molecule has 0 unspecified atom stereocenters. The van der Waals surface area contributed by atoms with Crippen LogP contribution in [-0.2, 0) is 9.31 Å². The number of hydrogen-bond acceptors (Lipinski definition) is 3. The van der Waals surface area contributed by atoms with E-state index in [4.69, 9.17) is 9.31 Å². The van der Waals surface area contributed by atoms with E-state index in [1.165, 1.54) is 5.47 Å². The number of nitrogens with zero attached hydrogens (tertiary/aromatic N) is 1. The van der Waals surface area contributed by atoms with E-state index in [2.05, 4.69) is 45.7 Å². The molecule has 0 spiro atoms. The van der Waals surface area contributed by atoms with Crippen molar-refractivity contribution in [3.05, 3.63) is 11.5 Å². The standard InChI is InChI=1S/C12H22BNO2.C2H6/c1-11(2)12(3,4)16-13(15-11)10-7-6-8-14(5)9-10;1-2/h7H,6,8-9H2,1-5H3;1-2H3. The molecule has 2 aliphatic rings. The smallest absolute Gasteiger partial charge is 0.400 e. The van der Waals surface area contributed by atoms with Gasteiger partial charge in [0.05, 0.1) is 11.2 Å². The molecule has 0 bridgehead atoms. The first-order valence-corrected chi connectivity index (χ1v) is 7.05. The second-order valence-corrected chi connectivity index (χ2v) is 5.89. The zero-order chi connectivity index (χ0) is 14.0. The lowest BCUT2D eigenvalue weighted by Crippen LogP contribution is -2.41. The van der Waals surface area contributed by atoms with Gasteiger partial charge >= 0.3 is 7.12 Å². The monoisotopic (exact) mass is 253 g/mol. The Morgan fingerprint density at radius 2 is 1.61 bits per heavy atom. The first kappa shape index (κ1) is 15.7. The van der Waals surface area contributed by atoms with E-state index in [0.717, 1.165) is 19.5 Å². The summed E-state index contributed by atoms with van der Waals surface area (Å²) in [5.41, 5.74) is 0.815. The fourth-order valence-electron chi connectivity index (χ4n) is 2.09. The second kappa shape index (κ2) is 5.76. The molecule has 4 heteroatoms. The summed E-state index contributed by atoms with van der Waals surface area (Å²) in [6.07, 6.45) is 3.36. The topological polar surface area (TPSA) is 21.7 Å². The SMILES string of the molecule is CC.CN1CCC=C(B2OC(C)(C)C(C)(C)O2)C1. The molecule has 3 nitrogen and oxygen atoms in total. The zero-order valence-corrected chi connectivity index (χ0v) is 13.0. The van der Waals surface area contributed by atoms with Crippen LogP contribution in [0.2, 0.25) is 0 Å². The Bertz CT molecular complexity index is 297. The largest absolute Gasteiger partial charge is 0.491 e. The molecule has 0 saturated carbocycles. The van der Waals surface area contributed by atoms with Crippen molar-refractivity contribution >= 4 is 7.12 Å². The van der Waals surface area contributed by atoms with Gasteiger partial charge in [-0.05, 0) is 46.6 Å². The van der Waals surface area contributed by atoms with Crippen LogP contribution in [0, 0.1) is 0 Å². The minimum absolute atomic E-state index is 0.159. The summed E-state index contributed by atoms with van der Waals surface area (Å²) >= 11 is 0. The summed E-state index contributed by atoms with van der Waals surface area (Å²) in [4.78, 5) is 2.31. The van der Waals surface area contributed by atoms with Crippen molar-refractivity contribution in [3.8, 4) is 0 Å². The summed E-state index contributed by atoms with van der Waals surface area (Å²) in [5, 5.41) is 0. The molecule has 104 valence electrons. The third-order valence-electron chi connectivity index (χ3n) is 3.93. The molecule has 1 saturated heterocycles. The van der Waals surface area contributed by atoms with Crippen molar-refractivity contribution in [2.24, 2.45) is 0 Å². The highest BCUT2D eigenvalue weighted by Gasteiger charge is 2.52. The molecule has 2 rings (SSSR count). The van der Waals surface area contributed by atoms with Crippen LogP contribution >= 0.6 is 0 Å². The lowest BCUT2D eigenvalue weighted by molar-refractivity contribution is 0.00578. The molecule has 2 aliphatic heterocycles. The highest BCUT2D eigenvalue weighted by atomic mass is 16.7. The van der Waals surface area contributed by atoms with Gasteiger partial charge in [-0.15, -0.1) is 0 Å². The van der Waals surface area contributed by atoms with Crippen LogP contribution in [0.1, 0.15) is 48.0 Å². The Labute approximate surface area is 113 Å². The molecular weight excluding hydrogens is 225 g/mol. The van der Waals surface area contributed by atoms with Crippen LogP contribution < -0.4 is 0 Å². The minimum Gasteiger partial charge on any atom is -0.400 e. The fraction of sp³-hybridized carbons (Fsp3) is 0.857. The second-order valence-electron chi connectivity index (χ2n) is 5.89. The van der Waals surface area contributed by atoms with Gasteiger partial charge in [0.2, 0.25) is 0 Å².